The van der Waals surface area contributed by atoms with Crippen molar-refractivity contribution < 1.29 is 14.3 Å². The van der Waals surface area contributed by atoms with Crippen molar-refractivity contribution >= 4 is 17.6 Å². The van der Waals surface area contributed by atoms with Crippen LogP contribution in [0.25, 0.3) is 0 Å². The average Bonchev–Trinajstić information content (AvgIpc) is 2.45. The van der Waals surface area contributed by atoms with Gasteiger partial charge in [-0.15, -0.1) is 0 Å². The lowest BCUT2D eigenvalue weighted by Gasteiger charge is -2.07. The van der Waals surface area contributed by atoms with Crippen molar-refractivity contribution in [2.45, 2.75) is 13.2 Å². The van der Waals surface area contributed by atoms with Crippen molar-refractivity contribution in [2.24, 2.45) is 0 Å². The Morgan fingerprint density at radius 1 is 1.05 bits per heavy atom. The number of rotatable bonds is 5. The van der Waals surface area contributed by atoms with E-state index in [1.54, 1.807) is 31.4 Å². The van der Waals surface area contributed by atoms with Crippen molar-refractivity contribution in [2.75, 3.05) is 7.11 Å². The molecule has 0 aliphatic heterocycles. The van der Waals surface area contributed by atoms with Crippen LogP contribution in [0.15, 0.2) is 48.5 Å². The van der Waals surface area contributed by atoms with Gasteiger partial charge in [0.05, 0.1) is 12.2 Å². The van der Waals surface area contributed by atoms with E-state index in [0.717, 1.165) is 11.1 Å². The van der Waals surface area contributed by atoms with Gasteiger partial charge in [0.15, 0.2) is 0 Å². The van der Waals surface area contributed by atoms with E-state index in [0.29, 0.717) is 17.2 Å². The zero-order valence-electron chi connectivity index (χ0n) is 11.1. The van der Waals surface area contributed by atoms with Crippen molar-refractivity contribution in [1.29, 1.82) is 0 Å². The second-order valence-electron chi connectivity index (χ2n) is 4.34. The third-order valence-electron chi connectivity index (χ3n) is 2.73. The van der Waals surface area contributed by atoms with Gasteiger partial charge in [-0.2, -0.15) is 0 Å². The Bertz CT molecular complexity index is 596. The largest absolute Gasteiger partial charge is 0.457 e. The summed E-state index contributed by atoms with van der Waals surface area (Å²) in [6.45, 7) is 0.670. The summed E-state index contributed by atoms with van der Waals surface area (Å²) in [6, 6.07) is 14.4. The molecule has 20 heavy (non-hydrogen) atoms. The van der Waals surface area contributed by atoms with E-state index in [9.17, 15) is 4.79 Å². The molecule has 0 heterocycles. The second-order valence-corrected chi connectivity index (χ2v) is 4.78. The summed E-state index contributed by atoms with van der Waals surface area (Å²) in [5.41, 5.74) is 2.31. The molecule has 0 spiro atoms. The van der Waals surface area contributed by atoms with Crippen molar-refractivity contribution in [3.05, 3.63) is 70.2 Å². The molecule has 3 nitrogen and oxygen atoms in total. The van der Waals surface area contributed by atoms with Gasteiger partial charge in [0.1, 0.15) is 6.61 Å². The fourth-order valence-corrected chi connectivity index (χ4v) is 2.03. The van der Waals surface area contributed by atoms with Crippen LogP contribution < -0.4 is 0 Å². The van der Waals surface area contributed by atoms with E-state index in [1.807, 2.05) is 24.3 Å². The normalized spacial score (nSPS) is 10.3. The van der Waals surface area contributed by atoms with Crippen LogP contribution in [-0.4, -0.2) is 13.1 Å². The minimum atomic E-state index is -0.358. The highest BCUT2D eigenvalue weighted by atomic mass is 35.5. The first-order valence-corrected chi connectivity index (χ1v) is 6.56. The highest BCUT2D eigenvalue weighted by Gasteiger charge is 2.08. The lowest BCUT2D eigenvalue weighted by atomic mass is 10.1. The maximum absolute atomic E-state index is 12.0. The first-order chi connectivity index (χ1) is 9.69. The Balaban J connectivity index is 1.99. The molecule has 2 rings (SSSR count). The highest BCUT2D eigenvalue weighted by molar-refractivity contribution is 6.30. The van der Waals surface area contributed by atoms with Gasteiger partial charge in [-0.05, 0) is 35.4 Å². The third-order valence-corrected chi connectivity index (χ3v) is 2.97. The summed E-state index contributed by atoms with van der Waals surface area (Å²) in [7, 11) is 1.62. The molecular formula is C16H15ClO3. The average molecular weight is 291 g/mol. The first-order valence-electron chi connectivity index (χ1n) is 6.18. The van der Waals surface area contributed by atoms with Gasteiger partial charge < -0.3 is 9.47 Å². The predicted octanol–water partition coefficient (Wildman–Crippen LogP) is 3.84. The molecule has 0 aromatic heterocycles. The molecule has 0 fully saturated rings. The van der Waals surface area contributed by atoms with Crippen LogP contribution in [0.1, 0.15) is 21.5 Å². The van der Waals surface area contributed by atoms with E-state index in [1.165, 1.54) is 0 Å². The van der Waals surface area contributed by atoms with Crippen LogP contribution in [0.2, 0.25) is 5.02 Å². The van der Waals surface area contributed by atoms with Crippen molar-refractivity contribution in [1.82, 2.24) is 0 Å². The molecule has 0 unspecified atom stereocenters. The SMILES string of the molecule is COCc1cccc(C(=O)OCc2cccc(Cl)c2)c1. The third kappa shape index (κ3) is 4.08. The highest BCUT2D eigenvalue weighted by Crippen LogP contribution is 2.13. The molecule has 0 aliphatic carbocycles. The van der Waals surface area contributed by atoms with Crippen LogP contribution in [0, 0.1) is 0 Å². The molecule has 0 N–H and O–H groups in total. The summed E-state index contributed by atoms with van der Waals surface area (Å²) >= 11 is 5.88. The van der Waals surface area contributed by atoms with Crippen LogP contribution in [0.5, 0.6) is 0 Å². The summed E-state index contributed by atoms with van der Waals surface area (Å²) in [5, 5.41) is 0.626. The molecule has 0 saturated carbocycles. The van der Waals surface area contributed by atoms with Crippen molar-refractivity contribution in [3.8, 4) is 0 Å². The molecule has 2 aromatic carbocycles. The summed E-state index contributed by atoms with van der Waals surface area (Å²) in [6.07, 6.45) is 0. The molecular weight excluding hydrogens is 276 g/mol. The molecule has 0 amide bonds. The van der Waals surface area contributed by atoms with E-state index in [2.05, 4.69) is 0 Å². The van der Waals surface area contributed by atoms with Crippen LogP contribution in [0.4, 0.5) is 0 Å². The number of benzene rings is 2. The number of halogens is 1. The minimum absolute atomic E-state index is 0.202. The quantitative estimate of drug-likeness (QED) is 0.785. The van der Waals surface area contributed by atoms with E-state index < -0.39 is 0 Å². The number of methoxy groups -OCH3 is 1. The van der Waals surface area contributed by atoms with Gasteiger partial charge in [-0.3, -0.25) is 0 Å². The second kappa shape index (κ2) is 7.08. The topological polar surface area (TPSA) is 35.5 Å². The number of hydrogen-bond acceptors (Lipinski definition) is 3. The van der Waals surface area contributed by atoms with Crippen LogP contribution >= 0.6 is 11.6 Å². The summed E-state index contributed by atoms with van der Waals surface area (Å²) < 4.78 is 10.3. The fourth-order valence-electron chi connectivity index (χ4n) is 1.81. The van der Waals surface area contributed by atoms with Gasteiger partial charge in [0, 0.05) is 12.1 Å². The Kier molecular flexibility index (Phi) is 5.16. The van der Waals surface area contributed by atoms with Crippen LogP contribution in [-0.2, 0) is 22.7 Å². The molecule has 0 saturated heterocycles. The number of ether oxygens (including phenoxy) is 2. The molecule has 0 atom stereocenters. The van der Waals surface area contributed by atoms with Gasteiger partial charge in [0.2, 0.25) is 0 Å². The number of hydrogen-bond donors (Lipinski definition) is 0. The molecule has 2 aromatic rings. The number of carbonyl (C=O) groups is 1. The molecule has 0 aliphatic rings. The number of carbonyl (C=O) groups excluding carboxylic acids is 1. The molecule has 0 radical (unpaired) electrons. The standard InChI is InChI=1S/C16H15ClO3/c1-19-10-12-4-2-6-14(8-12)16(18)20-11-13-5-3-7-15(17)9-13/h2-9H,10-11H2,1H3. The van der Waals surface area contributed by atoms with Gasteiger partial charge in [-0.25, -0.2) is 4.79 Å². The molecule has 0 bridgehead atoms. The maximum atomic E-state index is 12.0. The van der Waals surface area contributed by atoms with Gasteiger partial charge in [-0.1, -0.05) is 35.9 Å². The van der Waals surface area contributed by atoms with E-state index in [4.69, 9.17) is 21.1 Å². The zero-order valence-corrected chi connectivity index (χ0v) is 11.9. The zero-order chi connectivity index (χ0) is 14.4. The lowest BCUT2D eigenvalue weighted by Crippen LogP contribution is -2.06. The minimum Gasteiger partial charge on any atom is -0.457 e. The fraction of sp³-hybridized carbons (Fsp3) is 0.188. The maximum Gasteiger partial charge on any atom is 0.338 e. The van der Waals surface area contributed by atoms with Gasteiger partial charge in [0.25, 0.3) is 0 Å². The lowest BCUT2D eigenvalue weighted by molar-refractivity contribution is 0.0472. The summed E-state index contributed by atoms with van der Waals surface area (Å²) in [4.78, 5) is 12.0. The van der Waals surface area contributed by atoms with Crippen molar-refractivity contribution in [3.63, 3.8) is 0 Å². The van der Waals surface area contributed by atoms with E-state index >= 15 is 0 Å². The monoisotopic (exact) mass is 290 g/mol. The predicted molar refractivity (Wildman–Crippen MR) is 77.7 cm³/mol. The summed E-state index contributed by atoms with van der Waals surface area (Å²) in [5.74, 6) is -0.358. The number of esters is 1. The molecule has 4 heteroatoms. The Morgan fingerprint density at radius 2 is 1.75 bits per heavy atom. The smallest absolute Gasteiger partial charge is 0.338 e. The first kappa shape index (κ1) is 14.6. The Labute approximate surface area is 123 Å². The Morgan fingerprint density at radius 3 is 2.45 bits per heavy atom. The van der Waals surface area contributed by atoms with E-state index in [-0.39, 0.29) is 12.6 Å². The molecule has 104 valence electrons. The van der Waals surface area contributed by atoms with Gasteiger partial charge >= 0.3 is 5.97 Å². The Hall–Kier alpha value is -1.84. The van der Waals surface area contributed by atoms with Crippen LogP contribution in [0.3, 0.4) is 0 Å².